The van der Waals surface area contributed by atoms with E-state index in [0.29, 0.717) is 29.2 Å². The highest BCUT2D eigenvalue weighted by Crippen LogP contribution is 2.38. The van der Waals surface area contributed by atoms with Crippen molar-refractivity contribution in [1.29, 1.82) is 0 Å². The van der Waals surface area contributed by atoms with Gasteiger partial charge in [-0.05, 0) is 77.5 Å². The molecule has 0 aliphatic carbocycles. The topological polar surface area (TPSA) is 109 Å². The average molecular weight is 781 g/mol. The first kappa shape index (κ1) is 36.3. The van der Waals surface area contributed by atoms with E-state index >= 15 is 0 Å². The van der Waals surface area contributed by atoms with Crippen molar-refractivity contribution < 1.29 is 50.5 Å². The highest BCUT2D eigenvalue weighted by molar-refractivity contribution is 9.10. The van der Waals surface area contributed by atoms with E-state index in [1.807, 2.05) is 0 Å². The van der Waals surface area contributed by atoms with Crippen LogP contribution in [0.2, 0.25) is 5.02 Å². The van der Waals surface area contributed by atoms with Crippen LogP contribution in [-0.4, -0.2) is 48.0 Å². The molecule has 0 atom stereocenters. The van der Waals surface area contributed by atoms with Crippen LogP contribution >= 0.6 is 27.5 Å². The van der Waals surface area contributed by atoms with E-state index in [0.717, 1.165) is 18.2 Å². The summed E-state index contributed by atoms with van der Waals surface area (Å²) >= 11 is 9.60. The summed E-state index contributed by atoms with van der Waals surface area (Å²) in [7, 11) is 2.89. The number of rotatable bonds is 10. The Kier molecular flexibility index (Phi) is 10.5. The smallest absolute Gasteiger partial charge is 0.416 e. The third-order valence-corrected chi connectivity index (χ3v) is 8.50. The molecule has 0 aliphatic rings. The van der Waals surface area contributed by atoms with Crippen molar-refractivity contribution >= 4 is 61.9 Å². The van der Waals surface area contributed by atoms with Gasteiger partial charge in [0.1, 0.15) is 28.7 Å². The molecule has 0 unspecified atom stereocenters. The number of carbonyl (C=O) groups excluding carboxylic acids is 3. The molecule has 16 heteroatoms. The Labute approximate surface area is 294 Å². The molecule has 9 nitrogen and oxygen atoms in total. The van der Waals surface area contributed by atoms with Gasteiger partial charge < -0.3 is 24.1 Å². The number of nitrogens with zero attached hydrogens (tertiary/aromatic N) is 2. The molecule has 5 rings (SSSR count). The van der Waals surface area contributed by atoms with Crippen LogP contribution in [0.3, 0.4) is 0 Å². The lowest BCUT2D eigenvalue weighted by atomic mass is 10.00. The molecule has 50 heavy (non-hydrogen) atoms. The minimum atomic E-state index is -4.98. The van der Waals surface area contributed by atoms with Crippen molar-refractivity contribution in [3.05, 3.63) is 115 Å². The quantitative estimate of drug-likeness (QED) is 0.0861. The molecule has 0 spiro atoms. The van der Waals surface area contributed by atoms with Crippen LogP contribution in [0.5, 0.6) is 11.5 Å². The van der Waals surface area contributed by atoms with Crippen LogP contribution in [0.4, 0.5) is 27.6 Å². The Morgan fingerprint density at radius 2 is 1.70 bits per heavy atom. The molecule has 1 aromatic heterocycles. The van der Waals surface area contributed by atoms with Crippen molar-refractivity contribution in [2.24, 2.45) is 0 Å². The monoisotopic (exact) mass is 779 g/mol. The SMILES string of the molecule is CCOC(=O)c1nc2c(Br)c(C(=O)c3cc(F)ccc3Cl)c(NC(=O)c3cc(F)cc(C(F)(F)F)c3)cc2n1Cc1ccc(OC)cc1OC. The summed E-state index contributed by atoms with van der Waals surface area (Å²) in [6, 6.07) is 10.4. The van der Waals surface area contributed by atoms with Gasteiger partial charge in [0, 0.05) is 22.8 Å². The maximum absolute atomic E-state index is 14.3. The number of ether oxygens (including phenoxy) is 3. The Hall–Kier alpha value is -5.02. The molecule has 0 fully saturated rings. The number of nitrogens with one attached hydrogen (secondary N) is 1. The zero-order valence-electron chi connectivity index (χ0n) is 26.2. The molecule has 4 aromatic carbocycles. The summed E-state index contributed by atoms with van der Waals surface area (Å²) in [4.78, 5) is 45.2. The van der Waals surface area contributed by atoms with Gasteiger partial charge in [-0.25, -0.2) is 18.6 Å². The second-order valence-corrected chi connectivity index (χ2v) is 11.7. The van der Waals surface area contributed by atoms with Gasteiger partial charge in [-0.2, -0.15) is 13.2 Å². The van der Waals surface area contributed by atoms with Gasteiger partial charge in [0.2, 0.25) is 5.82 Å². The van der Waals surface area contributed by atoms with Crippen LogP contribution < -0.4 is 14.8 Å². The summed E-state index contributed by atoms with van der Waals surface area (Å²) in [5, 5.41) is 2.22. The third kappa shape index (κ3) is 7.28. The normalized spacial score (nSPS) is 11.4. The van der Waals surface area contributed by atoms with Crippen LogP contribution in [-0.2, 0) is 17.5 Å². The zero-order valence-corrected chi connectivity index (χ0v) is 28.5. The number of amides is 1. The van der Waals surface area contributed by atoms with Crippen LogP contribution in [0.1, 0.15) is 54.9 Å². The van der Waals surface area contributed by atoms with E-state index in [-0.39, 0.29) is 62.4 Å². The number of hydrogen-bond acceptors (Lipinski definition) is 7. The van der Waals surface area contributed by atoms with E-state index in [1.54, 1.807) is 25.1 Å². The fraction of sp³-hybridized carbons (Fsp3) is 0.176. The van der Waals surface area contributed by atoms with Crippen molar-refractivity contribution in [3.63, 3.8) is 0 Å². The number of ketones is 1. The molecular formula is C34H24BrClF5N3O6. The number of imidazole rings is 1. The summed E-state index contributed by atoms with van der Waals surface area (Å²) in [5.74, 6) is -4.55. The number of esters is 1. The zero-order chi connectivity index (χ0) is 36.5. The van der Waals surface area contributed by atoms with Gasteiger partial charge in [0.05, 0.1) is 59.2 Å². The molecule has 1 N–H and O–H groups in total. The molecular weight excluding hydrogens is 757 g/mol. The number of methoxy groups -OCH3 is 2. The predicted molar refractivity (Wildman–Crippen MR) is 176 cm³/mol. The molecule has 5 aromatic rings. The lowest BCUT2D eigenvalue weighted by Crippen LogP contribution is -2.18. The molecule has 1 amide bonds. The lowest BCUT2D eigenvalue weighted by molar-refractivity contribution is -0.137. The highest BCUT2D eigenvalue weighted by Gasteiger charge is 2.33. The minimum Gasteiger partial charge on any atom is -0.497 e. The highest BCUT2D eigenvalue weighted by atomic mass is 79.9. The van der Waals surface area contributed by atoms with E-state index in [4.69, 9.17) is 25.8 Å². The van der Waals surface area contributed by atoms with Gasteiger partial charge in [-0.1, -0.05) is 11.6 Å². The first-order valence-corrected chi connectivity index (χ1v) is 15.6. The van der Waals surface area contributed by atoms with Crippen molar-refractivity contribution in [2.75, 3.05) is 26.1 Å². The van der Waals surface area contributed by atoms with Gasteiger partial charge in [0.25, 0.3) is 5.91 Å². The fourth-order valence-corrected chi connectivity index (χ4v) is 5.98. The summed E-state index contributed by atoms with van der Waals surface area (Å²) < 4.78 is 86.4. The minimum absolute atomic E-state index is 0.0134. The Balaban J connectivity index is 1.77. The second-order valence-electron chi connectivity index (χ2n) is 10.5. The number of fused-ring (bicyclic) bond motifs is 1. The number of alkyl halides is 3. The Bertz CT molecular complexity index is 2170. The molecule has 0 saturated carbocycles. The standard InChI is InChI=1S/C34H24BrClF5N3O6/c1-4-50-33(47)31-43-29-25(44(31)15-16-5-7-21(48-2)13-26(16)49-3)14-24(27(28(29)35)30(45)22-12-19(37)6-8-23(22)36)42-32(46)17-9-18(34(39,40)41)11-20(38)10-17/h5-14H,4,15H2,1-3H3,(H,42,46). The first-order chi connectivity index (χ1) is 23.7. The molecule has 260 valence electrons. The number of benzene rings is 4. The molecule has 0 radical (unpaired) electrons. The summed E-state index contributed by atoms with van der Waals surface area (Å²) in [6.45, 7) is 1.47. The van der Waals surface area contributed by atoms with Crippen LogP contribution in [0, 0.1) is 11.6 Å². The predicted octanol–water partition coefficient (Wildman–Crippen LogP) is 8.47. The van der Waals surface area contributed by atoms with E-state index < -0.39 is 46.6 Å². The lowest BCUT2D eigenvalue weighted by Gasteiger charge is -2.16. The Morgan fingerprint density at radius 1 is 0.960 bits per heavy atom. The number of carbonyl (C=O) groups is 3. The van der Waals surface area contributed by atoms with E-state index in [2.05, 4.69) is 26.2 Å². The van der Waals surface area contributed by atoms with Gasteiger partial charge in [-0.3, -0.25) is 9.59 Å². The van der Waals surface area contributed by atoms with Crippen molar-refractivity contribution in [1.82, 2.24) is 9.55 Å². The largest absolute Gasteiger partial charge is 0.497 e. The Morgan fingerprint density at radius 3 is 2.36 bits per heavy atom. The van der Waals surface area contributed by atoms with Crippen LogP contribution in [0.25, 0.3) is 11.0 Å². The molecule has 1 heterocycles. The number of halogens is 7. The summed E-state index contributed by atoms with van der Waals surface area (Å²) in [6.07, 6.45) is -4.98. The number of anilines is 1. The number of aromatic nitrogens is 2. The van der Waals surface area contributed by atoms with Gasteiger partial charge in [-0.15, -0.1) is 0 Å². The number of hydrogen-bond donors (Lipinski definition) is 1. The van der Waals surface area contributed by atoms with E-state index in [1.165, 1.54) is 24.9 Å². The second kappa shape index (κ2) is 14.5. The summed E-state index contributed by atoms with van der Waals surface area (Å²) in [5.41, 5.74) is -2.48. The van der Waals surface area contributed by atoms with Crippen molar-refractivity contribution in [3.8, 4) is 11.5 Å². The van der Waals surface area contributed by atoms with Crippen LogP contribution in [0.15, 0.2) is 65.1 Å². The van der Waals surface area contributed by atoms with Crippen molar-refractivity contribution in [2.45, 2.75) is 19.6 Å². The van der Waals surface area contributed by atoms with Gasteiger partial charge >= 0.3 is 12.1 Å². The molecule has 0 saturated heterocycles. The van der Waals surface area contributed by atoms with Gasteiger partial charge in [0.15, 0.2) is 5.78 Å². The van der Waals surface area contributed by atoms with E-state index in [9.17, 15) is 36.3 Å². The third-order valence-electron chi connectivity index (χ3n) is 7.40. The molecule has 0 bridgehead atoms. The molecule has 0 aliphatic heterocycles. The average Bonchev–Trinajstić information content (AvgIpc) is 3.43. The maximum atomic E-state index is 14.3. The first-order valence-electron chi connectivity index (χ1n) is 14.5. The maximum Gasteiger partial charge on any atom is 0.416 e. The fourth-order valence-electron chi connectivity index (χ4n) is 5.09.